The number of benzene rings is 1. The molecule has 0 saturated carbocycles. The van der Waals surface area contributed by atoms with Gasteiger partial charge in [0.25, 0.3) is 0 Å². The summed E-state index contributed by atoms with van der Waals surface area (Å²) in [7, 11) is 0. The van der Waals surface area contributed by atoms with E-state index >= 15 is 0 Å². The van der Waals surface area contributed by atoms with E-state index in [2.05, 4.69) is 0 Å². The maximum absolute atomic E-state index is 12.7. The number of hydrogen-bond acceptors (Lipinski definition) is 2. The van der Waals surface area contributed by atoms with Crippen molar-refractivity contribution < 1.29 is 9.50 Å². The van der Waals surface area contributed by atoms with Crippen molar-refractivity contribution in [3.63, 3.8) is 0 Å². The smallest absolute Gasteiger partial charge is 0.123 e. The Morgan fingerprint density at radius 3 is 2.19 bits per heavy atom. The predicted octanol–water partition coefficient (Wildman–Crippen LogP) is 2.65. The van der Waals surface area contributed by atoms with Gasteiger partial charge in [0, 0.05) is 0 Å². The number of nitrogens with two attached hydrogens (primary N) is 1. The second-order valence-corrected chi connectivity index (χ2v) is 4.27. The van der Waals surface area contributed by atoms with Crippen LogP contribution in [0.25, 0.3) is 0 Å². The first kappa shape index (κ1) is 15.4. The maximum Gasteiger partial charge on any atom is 0.123 e. The van der Waals surface area contributed by atoms with Crippen molar-refractivity contribution in [3.05, 3.63) is 35.6 Å². The van der Waals surface area contributed by atoms with Gasteiger partial charge in [-0.15, -0.1) is 12.4 Å². The van der Waals surface area contributed by atoms with Crippen LogP contribution in [0.1, 0.15) is 31.9 Å². The third-order valence-corrected chi connectivity index (χ3v) is 2.38. The predicted molar refractivity (Wildman–Crippen MR) is 66.0 cm³/mol. The zero-order valence-electron chi connectivity index (χ0n) is 9.56. The molecule has 1 aromatic carbocycles. The zero-order valence-corrected chi connectivity index (χ0v) is 10.4. The molecule has 92 valence electrons. The van der Waals surface area contributed by atoms with Crippen molar-refractivity contribution in [3.8, 4) is 0 Å². The Labute approximate surface area is 102 Å². The van der Waals surface area contributed by atoms with E-state index in [0.717, 1.165) is 5.56 Å². The van der Waals surface area contributed by atoms with Gasteiger partial charge in [0.15, 0.2) is 0 Å². The summed E-state index contributed by atoms with van der Waals surface area (Å²) in [4.78, 5) is 0. The molecule has 16 heavy (non-hydrogen) atoms. The van der Waals surface area contributed by atoms with Crippen molar-refractivity contribution in [2.24, 2.45) is 11.7 Å². The van der Waals surface area contributed by atoms with Gasteiger partial charge in [-0.1, -0.05) is 26.0 Å². The van der Waals surface area contributed by atoms with Crippen LogP contribution in [-0.2, 0) is 0 Å². The largest absolute Gasteiger partial charge is 0.391 e. The van der Waals surface area contributed by atoms with E-state index in [1.54, 1.807) is 12.1 Å². The molecule has 0 aliphatic rings. The Morgan fingerprint density at radius 2 is 1.75 bits per heavy atom. The summed E-state index contributed by atoms with van der Waals surface area (Å²) in [5.74, 6) is 0.107. The minimum atomic E-state index is -0.574. The fraction of sp³-hybridized carbons (Fsp3) is 0.500. The van der Waals surface area contributed by atoms with E-state index in [9.17, 15) is 9.50 Å². The quantitative estimate of drug-likeness (QED) is 0.859. The molecule has 0 unspecified atom stereocenters. The van der Waals surface area contributed by atoms with Gasteiger partial charge in [0.1, 0.15) is 5.82 Å². The molecular formula is C12H19ClFNO. The second-order valence-electron chi connectivity index (χ2n) is 4.27. The third kappa shape index (κ3) is 4.47. The molecule has 0 aliphatic carbocycles. The summed E-state index contributed by atoms with van der Waals surface area (Å²) < 4.78 is 12.7. The Morgan fingerprint density at radius 1 is 1.25 bits per heavy atom. The van der Waals surface area contributed by atoms with E-state index in [1.165, 1.54) is 12.1 Å². The van der Waals surface area contributed by atoms with Crippen molar-refractivity contribution in [2.75, 3.05) is 0 Å². The van der Waals surface area contributed by atoms with Crippen LogP contribution in [0.2, 0.25) is 0 Å². The van der Waals surface area contributed by atoms with Crippen LogP contribution in [0.15, 0.2) is 24.3 Å². The summed E-state index contributed by atoms with van der Waals surface area (Å²) in [6.45, 7) is 4.06. The van der Waals surface area contributed by atoms with Gasteiger partial charge in [-0.2, -0.15) is 0 Å². The number of rotatable bonds is 4. The maximum atomic E-state index is 12.7. The van der Waals surface area contributed by atoms with Crippen LogP contribution in [0.4, 0.5) is 4.39 Å². The number of hydrogen-bond donors (Lipinski definition) is 2. The monoisotopic (exact) mass is 247 g/mol. The highest BCUT2D eigenvalue weighted by molar-refractivity contribution is 5.85. The molecular weight excluding hydrogens is 229 g/mol. The van der Waals surface area contributed by atoms with Crippen LogP contribution in [0, 0.1) is 11.7 Å². The Kier molecular flexibility index (Phi) is 6.56. The average Bonchev–Trinajstić information content (AvgIpc) is 2.17. The number of halogens is 2. The minimum absolute atomic E-state index is 0. The molecule has 3 N–H and O–H groups in total. The summed E-state index contributed by atoms with van der Waals surface area (Å²) in [5.41, 5.74) is 6.63. The van der Waals surface area contributed by atoms with Crippen LogP contribution in [-0.4, -0.2) is 11.2 Å². The van der Waals surface area contributed by atoms with E-state index in [4.69, 9.17) is 5.73 Å². The topological polar surface area (TPSA) is 46.2 Å². The van der Waals surface area contributed by atoms with E-state index < -0.39 is 12.1 Å². The molecule has 0 spiro atoms. The lowest BCUT2D eigenvalue weighted by Crippen LogP contribution is -2.27. The van der Waals surface area contributed by atoms with Crippen LogP contribution >= 0.6 is 12.4 Å². The standard InChI is InChI=1S/C12H18FNO.ClH/c1-8(2)7-11(15)12(14)9-3-5-10(13)6-4-9;/h3-6,8,11-12,15H,7,14H2,1-2H3;1H/t11-,12+;/m0./s1. The Bertz CT molecular complexity index is 302. The number of aliphatic hydroxyl groups excluding tert-OH is 1. The first-order valence-electron chi connectivity index (χ1n) is 5.20. The Hall–Kier alpha value is -0.640. The summed E-state index contributed by atoms with van der Waals surface area (Å²) >= 11 is 0. The summed E-state index contributed by atoms with van der Waals surface area (Å²) in [5, 5.41) is 9.79. The SMILES string of the molecule is CC(C)C[C@H](O)[C@H](N)c1ccc(F)cc1.Cl. The summed E-state index contributed by atoms with van der Waals surface area (Å²) in [6, 6.07) is 5.51. The summed E-state index contributed by atoms with van der Waals surface area (Å²) in [6.07, 6.45) is 0.0777. The third-order valence-electron chi connectivity index (χ3n) is 2.38. The van der Waals surface area contributed by atoms with Gasteiger partial charge in [-0.25, -0.2) is 4.39 Å². The zero-order chi connectivity index (χ0) is 11.4. The second kappa shape index (κ2) is 6.84. The fourth-order valence-electron chi connectivity index (χ4n) is 1.54. The van der Waals surface area contributed by atoms with Gasteiger partial charge in [0.2, 0.25) is 0 Å². The number of aliphatic hydroxyl groups is 1. The molecule has 0 aromatic heterocycles. The lowest BCUT2D eigenvalue weighted by atomic mass is 9.95. The lowest BCUT2D eigenvalue weighted by Gasteiger charge is -2.20. The van der Waals surface area contributed by atoms with Crippen molar-refractivity contribution in [1.29, 1.82) is 0 Å². The highest BCUT2D eigenvalue weighted by atomic mass is 35.5. The first-order valence-corrected chi connectivity index (χ1v) is 5.20. The highest BCUT2D eigenvalue weighted by Gasteiger charge is 2.17. The van der Waals surface area contributed by atoms with Crippen LogP contribution < -0.4 is 5.73 Å². The molecule has 0 amide bonds. The Balaban J connectivity index is 0.00000225. The molecule has 0 aliphatic heterocycles. The molecule has 1 rings (SSSR count). The lowest BCUT2D eigenvalue weighted by molar-refractivity contribution is 0.121. The van der Waals surface area contributed by atoms with Crippen LogP contribution in [0.3, 0.4) is 0 Å². The molecule has 0 bridgehead atoms. The van der Waals surface area contributed by atoms with Gasteiger partial charge in [0.05, 0.1) is 12.1 Å². The van der Waals surface area contributed by atoms with Crippen molar-refractivity contribution in [2.45, 2.75) is 32.4 Å². The normalized spacial score (nSPS) is 14.4. The molecule has 0 saturated heterocycles. The van der Waals surface area contributed by atoms with E-state index in [0.29, 0.717) is 12.3 Å². The van der Waals surface area contributed by atoms with Crippen molar-refractivity contribution >= 4 is 12.4 Å². The molecule has 4 heteroatoms. The average molecular weight is 248 g/mol. The first-order chi connectivity index (χ1) is 7.00. The molecule has 2 nitrogen and oxygen atoms in total. The molecule has 0 heterocycles. The van der Waals surface area contributed by atoms with E-state index in [-0.39, 0.29) is 18.2 Å². The molecule has 2 atom stereocenters. The van der Waals surface area contributed by atoms with Gasteiger partial charge >= 0.3 is 0 Å². The van der Waals surface area contributed by atoms with Crippen molar-refractivity contribution in [1.82, 2.24) is 0 Å². The van der Waals surface area contributed by atoms with Gasteiger partial charge < -0.3 is 10.8 Å². The molecule has 1 aromatic rings. The molecule has 0 radical (unpaired) electrons. The van der Waals surface area contributed by atoms with E-state index in [1.807, 2.05) is 13.8 Å². The molecule has 0 fully saturated rings. The van der Waals surface area contributed by atoms with Crippen LogP contribution in [0.5, 0.6) is 0 Å². The fourth-order valence-corrected chi connectivity index (χ4v) is 1.54. The van der Waals surface area contributed by atoms with Gasteiger partial charge in [-0.3, -0.25) is 0 Å². The minimum Gasteiger partial charge on any atom is -0.391 e. The highest BCUT2D eigenvalue weighted by Crippen LogP contribution is 2.19. The van der Waals surface area contributed by atoms with Gasteiger partial charge in [-0.05, 0) is 30.0 Å².